The molecular weight excluding hydrogens is 388 g/mol. The van der Waals surface area contributed by atoms with Crippen molar-refractivity contribution in [2.45, 2.75) is 62.3 Å². The topological polar surface area (TPSA) is 68.3 Å². The Kier molecular flexibility index (Phi) is 7.04. The van der Waals surface area contributed by atoms with Gasteiger partial charge >= 0.3 is 0 Å². The summed E-state index contributed by atoms with van der Waals surface area (Å²) in [6.45, 7) is 16.3. The standard InChI is InChI=1S/C27H34O4/c1-14(2)23(28)17-10-11-19(25(30)16(5)6)22-20(26(31)27(7,8)9)13-12-18(21(17)22)24(29)15(3)4/h10-16H,1-9H3. The van der Waals surface area contributed by atoms with E-state index in [9.17, 15) is 19.2 Å². The van der Waals surface area contributed by atoms with Crippen molar-refractivity contribution in [3.63, 3.8) is 0 Å². The normalized spacial score (nSPS) is 12.1. The Morgan fingerprint density at radius 2 is 0.806 bits per heavy atom. The first-order valence-electron chi connectivity index (χ1n) is 11.0. The van der Waals surface area contributed by atoms with Crippen molar-refractivity contribution in [3.8, 4) is 0 Å². The lowest BCUT2D eigenvalue weighted by Gasteiger charge is -2.22. The van der Waals surface area contributed by atoms with Gasteiger partial charge in [0, 0.05) is 56.2 Å². The first-order valence-corrected chi connectivity index (χ1v) is 11.0. The molecule has 0 N–H and O–H groups in total. The van der Waals surface area contributed by atoms with E-state index in [2.05, 4.69) is 0 Å². The van der Waals surface area contributed by atoms with Gasteiger partial charge < -0.3 is 0 Å². The Morgan fingerprint density at radius 3 is 1.06 bits per heavy atom. The van der Waals surface area contributed by atoms with Crippen LogP contribution in [0.5, 0.6) is 0 Å². The molecule has 0 fully saturated rings. The van der Waals surface area contributed by atoms with Crippen LogP contribution in [-0.4, -0.2) is 23.1 Å². The van der Waals surface area contributed by atoms with Gasteiger partial charge in [0.25, 0.3) is 0 Å². The molecule has 4 heteroatoms. The van der Waals surface area contributed by atoms with Crippen molar-refractivity contribution in [1.82, 2.24) is 0 Å². The van der Waals surface area contributed by atoms with Crippen molar-refractivity contribution in [2.75, 3.05) is 0 Å². The van der Waals surface area contributed by atoms with Crippen LogP contribution in [0.4, 0.5) is 0 Å². The molecule has 0 spiro atoms. The maximum Gasteiger partial charge on any atom is 0.168 e. The van der Waals surface area contributed by atoms with Gasteiger partial charge in [-0.2, -0.15) is 0 Å². The highest BCUT2D eigenvalue weighted by Crippen LogP contribution is 2.36. The molecule has 0 unspecified atom stereocenters. The quantitative estimate of drug-likeness (QED) is 0.472. The van der Waals surface area contributed by atoms with Gasteiger partial charge in [0.05, 0.1) is 0 Å². The third-order valence-electron chi connectivity index (χ3n) is 5.46. The molecule has 0 saturated heterocycles. The van der Waals surface area contributed by atoms with E-state index < -0.39 is 5.41 Å². The highest BCUT2D eigenvalue weighted by molar-refractivity contribution is 6.26. The minimum absolute atomic E-state index is 0.119. The monoisotopic (exact) mass is 422 g/mol. The number of ketones is 4. The van der Waals surface area contributed by atoms with Crippen molar-refractivity contribution in [2.24, 2.45) is 23.2 Å². The highest BCUT2D eigenvalue weighted by Gasteiger charge is 2.31. The second-order valence-corrected chi connectivity index (χ2v) is 10.2. The van der Waals surface area contributed by atoms with Gasteiger partial charge in [0.15, 0.2) is 23.1 Å². The van der Waals surface area contributed by atoms with Gasteiger partial charge in [-0.05, 0) is 6.07 Å². The molecule has 0 saturated carbocycles. The fourth-order valence-electron chi connectivity index (χ4n) is 3.64. The molecule has 0 amide bonds. The van der Waals surface area contributed by atoms with Crippen molar-refractivity contribution < 1.29 is 19.2 Å². The van der Waals surface area contributed by atoms with Gasteiger partial charge in [-0.3, -0.25) is 19.2 Å². The third-order valence-corrected chi connectivity index (χ3v) is 5.46. The highest BCUT2D eigenvalue weighted by atomic mass is 16.1. The minimum atomic E-state index is -0.688. The Bertz CT molecular complexity index is 1040. The van der Waals surface area contributed by atoms with Crippen molar-refractivity contribution >= 4 is 33.9 Å². The predicted octanol–water partition coefficient (Wildman–Crippen LogP) is 6.58. The number of hydrogen-bond acceptors (Lipinski definition) is 4. The lowest BCUT2D eigenvalue weighted by molar-refractivity contribution is 0.0858. The van der Waals surface area contributed by atoms with E-state index in [1.165, 1.54) is 0 Å². The number of Topliss-reactive ketones (excluding diaryl/α,β-unsaturated/α-hetero) is 4. The zero-order valence-corrected chi connectivity index (χ0v) is 20.2. The molecule has 4 nitrogen and oxygen atoms in total. The van der Waals surface area contributed by atoms with Gasteiger partial charge in [-0.1, -0.05) is 80.5 Å². The number of hydrogen-bond donors (Lipinski definition) is 0. The van der Waals surface area contributed by atoms with Crippen LogP contribution in [0.15, 0.2) is 24.3 Å². The van der Waals surface area contributed by atoms with E-state index in [1.54, 1.807) is 65.8 Å². The molecule has 0 heterocycles. The van der Waals surface area contributed by atoms with Crippen LogP contribution in [0.25, 0.3) is 10.8 Å². The predicted molar refractivity (Wildman–Crippen MR) is 125 cm³/mol. The van der Waals surface area contributed by atoms with E-state index in [-0.39, 0.29) is 40.9 Å². The van der Waals surface area contributed by atoms with Crippen LogP contribution in [0.1, 0.15) is 104 Å². The number of benzene rings is 2. The largest absolute Gasteiger partial charge is 0.294 e. The smallest absolute Gasteiger partial charge is 0.168 e. The molecule has 2 aromatic carbocycles. The maximum absolute atomic E-state index is 13.4. The average Bonchev–Trinajstić information content (AvgIpc) is 2.68. The van der Waals surface area contributed by atoms with E-state index in [4.69, 9.17) is 0 Å². The van der Waals surface area contributed by atoms with Gasteiger partial charge in [0.2, 0.25) is 0 Å². The summed E-state index contributed by atoms with van der Waals surface area (Å²) in [5.74, 6) is -1.37. The van der Waals surface area contributed by atoms with Crippen molar-refractivity contribution in [1.29, 1.82) is 0 Å². The molecule has 0 atom stereocenters. The Balaban J connectivity index is 3.18. The van der Waals surface area contributed by atoms with Gasteiger partial charge in [-0.15, -0.1) is 0 Å². The summed E-state index contributed by atoms with van der Waals surface area (Å²) in [5.41, 5.74) is 0.851. The second kappa shape index (κ2) is 8.86. The van der Waals surface area contributed by atoms with Crippen LogP contribution in [0.2, 0.25) is 0 Å². The molecule has 0 aliphatic rings. The molecule has 0 bridgehead atoms. The molecule has 31 heavy (non-hydrogen) atoms. The second-order valence-electron chi connectivity index (χ2n) is 10.2. The van der Waals surface area contributed by atoms with Gasteiger partial charge in [-0.25, -0.2) is 0 Å². The van der Waals surface area contributed by atoms with Crippen LogP contribution in [0, 0.1) is 23.2 Å². The fourth-order valence-corrected chi connectivity index (χ4v) is 3.64. The van der Waals surface area contributed by atoms with E-state index in [0.717, 1.165) is 0 Å². The summed E-state index contributed by atoms with van der Waals surface area (Å²) < 4.78 is 0. The van der Waals surface area contributed by atoms with Crippen LogP contribution in [-0.2, 0) is 0 Å². The Morgan fingerprint density at radius 1 is 0.548 bits per heavy atom. The third kappa shape index (κ3) is 4.68. The first-order chi connectivity index (χ1) is 14.2. The molecule has 2 aromatic rings. The number of rotatable bonds is 7. The molecule has 0 aromatic heterocycles. The lowest BCUT2D eigenvalue weighted by atomic mass is 9.79. The molecule has 2 rings (SSSR count). The number of carbonyl (C=O) groups is 4. The van der Waals surface area contributed by atoms with E-state index in [0.29, 0.717) is 33.0 Å². The number of carbonyl (C=O) groups excluding carboxylic acids is 4. The fraction of sp³-hybridized carbons (Fsp3) is 0.481. The van der Waals surface area contributed by atoms with E-state index >= 15 is 0 Å². The summed E-state index contributed by atoms with van der Waals surface area (Å²) in [6, 6.07) is 6.57. The number of fused-ring (bicyclic) bond motifs is 1. The van der Waals surface area contributed by atoms with Crippen LogP contribution >= 0.6 is 0 Å². The summed E-state index contributed by atoms with van der Waals surface area (Å²) in [6.07, 6.45) is 0. The zero-order chi connectivity index (χ0) is 23.8. The average molecular weight is 423 g/mol. The SMILES string of the molecule is CC(C)C(=O)c1ccc(C(=O)C(C)C)c2c(C(=O)C(C)(C)C)ccc(C(=O)C(C)C)c12. The summed E-state index contributed by atoms with van der Waals surface area (Å²) in [4.78, 5) is 52.7. The summed E-state index contributed by atoms with van der Waals surface area (Å²) in [7, 11) is 0. The van der Waals surface area contributed by atoms with Crippen LogP contribution < -0.4 is 0 Å². The molecular formula is C27H34O4. The Hall–Kier alpha value is -2.62. The molecule has 0 aliphatic heterocycles. The van der Waals surface area contributed by atoms with Gasteiger partial charge in [0.1, 0.15) is 0 Å². The molecule has 0 radical (unpaired) electrons. The van der Waals surface area contributed by atoms with Crippen LogP contribution in [0.3, 0.4) is 0 Å². The van der Waals surface area contributed by atoms with Crippen molar-refractivity contribution in [3.05, 3.63) is 46.5 Å². The van der Waals surface area contributed by atoms with E-state index in [1.807, 2.05) is 20.8 Å². The lowest BCUT2D eigenvalue weighted by Crippen LogP contribution is -2.23. The zero-order valence-electron chi connectivity index (χ0n) is 20.2. The summed E-state index contributed by atoms with van der Waals surface area (Å²) in [5, 5.41) is 0.857. The first kappa shape index (κ1) is 24.6. The summed E-state index contributed by atoms with van der Waals surface area (Å²) >= 11 is 0. The maximum atomic E-state index is 13.4. The molecule has 0 aliphatic carbocycles. The minimum Gasteiger partial charge on any atom is -0.294 e. The molecule has 166 valence electrons. The Labute approximate surface area is 185 Å².